The number of benzene rings is 3. The van der Waals surface area contributed by atoms with Gasteiger partial charge in [0, 0.05) is 11.1 Å². The zero-order valence-electron chi connectivity index (χ0n) is 15.1. The molecule has 4 rings (SSSR count). The zero-order valence-corrected chi connectivity index (χ0v) is 15.1. The fourth-order valence-corrected chi connectivity index (χ4v) is 2.77. The van der Waals surface area contributed by atoms with Crippen molar-refractivity contribution >= 4 is 0 Å². The van der Waals surface area contributed by atoms with Crippen molar-refractivity contribution in [2.24, 2.45) is 0 Å². The molecule has 4 aromatic rings. The lowest BCUT2D eigenvalue weighted by Gasteiger charge is -2.07. The van der Waals surface area contributed by atoms with Gasteiger partial charge < -0.3 is 14.0 Å². The summed E-state index contributed by atoms with van der Waals surface area (Å²) in [4.78, 5) is 4.46. The number of hydrogen-bond acceptors (Lipinski definition) is 5. The van der Waals surface area contributed by atoms with Crippen LogP contribution in [0, 0.1) is 5.82 Å². The van der Waals surface area contributed by atoms with Gasteiger partial charge in [0.05, 0.1) is 12.7 Å². The minimum Gasteiger partial charge on any atom is -0.496 e. The van der Waals surface area contributed by atoms with Gasteiger partial charge in [-0.05, 0) is 30.3 Å². The first-order valence-corrected chi connectivity index (χ1v) is 8.68. The Morgan fingerprint density at radius 1 is 0.964 bits per heavy atom. The number of halogens is 1. The van der Waals surface area contributed by atoms with E-state index in [1.807, 2.05) is 36.4 Å². The van der Waals surface area contributed by atoms with Gasteiger partial charge in [-0.3, -0.25) is 0 Å². The van der Waals surface area contributed by atoms with Gasteiger partial charge in [-0.25, -0.2) is 4.39 Å². The van der Waals surface area contributed by atoms with Gasteiger partial charge in [0.15, 0.2) is 0 Å². The summed E-state index contributed by atoms with van der Waals surface area (Å²) < 4.78 is 30.2. The lowest BCUT2D eigenvalue weighted by molar-refractivity contribution is 0.300. The molecule has 0 radical (unpaired) electrons. The molecule has 6 heteroatoms. The van der Waals surface area contributed by atoms with Gasteiger partial charge in [-0.2, -0.15) is 4.98 Å². The van der Waals surface area contributed by atoms with Crippen LogP contribution >= 0.6 is 0 Å². The topological polar surface area (TPSA) is 57.4 Å². The maximum absolute atomic E-state index is 13.7. The van der Waals surface area contributed by atoms with E-state index in [0.29, 0.717) is 28.8 Å². The Balaban J connectivity index is 1.55. The summed E-state index contributed by atoms with van der Waals surface area (Å²) in [6.07, 6.45) is 0. The Morgan fingerprint density at radius 2 is 1.79 bits per heavy atom. The predicted molar refractivity (Wildman–Crippen MR) is 102 cm³/mol. The number of ether oxygens (including phenoxy) is 2. The average molecular weight is 376 g/mol. The van der Waals surface area contributed by atoms with E-state index in [-0.39, 0.29) is 12.4 Å². The van der Waals surface area contributed by atoms with Gasteiger partial charge >= 0.3 is 0 Å². The molecular formula is C22H17FN2O3. The third kappa shape index (κ3) is 3.71. The van der Waals surface area contributed by atoms with E-state index in [0.717, 1.165) is 11.1 Å². The van der Waals surface area contributed by atoms with Crippen LogP contribution in [0.3, 0.4) is 0 Å². The normalized spacial score (nSPS) is 10.6. The molecule has 0 aliphatic heterocycles. The van der Waals surface area contributed by atoms with Crippen molar-refractivity contribution in [1.29, 1.82) is 0 Å². The molecular weight excluding hydrogens is 359 g/mol. The Kier molecular flexibility index (Phi) is 5.01. The number of rotatable bonds is 6. The standard InChI is InChI=1S/C22H17FN2O3/c1-26-20-12-5-3-10-18(20)22-24-21(25-28-22)15-8-6-9-17(13-15)27-14-16-7-2-4-11-19(16)23/h2-13H,14H2,1H3. The van der Waals surface area contributed by atoms with Gasteiger partial charge in [-0.15, -0.1) is 0 Å². The SMILES string of the molecule is COc1ccccc1-c1nc(-c2cccc(OCc3ccccc3F)c2)no1. The summed E-state index contributed by atoms with van der Waals surface area (Å²) in [7, 11) is 1.59. The summed E-state index contributed by atoms with van der Waals surface area (Å²) in [6, 6.07) is 21.2. The summed E-state index contributed by atoms with van der Waals surface area (Å²) in [5, 5.41) is 4.05. The van der Waals surface area contributed by atoms with Gasteiger partial charge in [0.2, 0.25) is 5.82 Å². The maximum Gasteiger partial charge on any atom is 0.262 e. The van der Waals surface area contributed by atoms with Gasteiger partial charge in [0.25, 0.3) is 5.89 Å². The van der Waals surface area contributed by atoms with Crippen molar-refractivity contribution in [1.82, 2.24) is 10.1 Å². The largest absolute Gasteiger partial charge is 0.496 e. The molecule has 28 heavy (non-hydrogen) atoms. The molecule has 0 amide bonds. The number of nitrogens with zero attached hydrogens (tertiary/aromatic N) is 2. The van der Waals surface area contributed by atoms with E-state index in [2.05, 4.69) is 10.1 Å². The first-order chi connectivity index (χ1) is 13.7. The van der Waals surface area contributed by atoms with Crippen molar-refractivity contribution in [3.8, 4) is 34.3 Å². The lowest BCUT2D eigenvalue weighted by atomic mass is 10.2. The van der Waals surface area contributed by atoms with Crippen LogP contribution in [0.15, 0.2) is 77.3 Å². The Bertz CT molecular complexity index is 1090. The van der Waals surface area contributed by atoms with Crippen molar-refractivity contribution in [2.45, 2.75) is 6.61 Å². The van der Waals surface area contributed by atoms with E-state index in [4.69, 9.17) is 14.0 Å². The van der Waals surface area contributed by atoms with Crippen LogP contribution in [0.1, 0.15) is 5.56 Å². The summed E-state index contributed by atoms with van der Waals surface area (Å²) in [5.74, 6) is 1.74. The quantitative estimate of drug-likeness (QED) is 0.467. The summed E-state index contributed by atoms with van der Waals surface area (Å²) >= 11 is 0. The lowest BCUT2D eigenvalue weighted by Crippen LogP contribution is -1.98. The number of aromatic nitrogens is 2. The minimum atomic E-state index is -0.293. The molecule has 0 aliphatic rings. The number of methoxy groups -OCH3 is 1. The van der Waals surface area contributed by atoms with Crippen LogP contribution in [0.5, 0.6) is 11.5 Å². The summed E-state index contributed by atoms with van der Waals surface area (Å²) in [6.45, 7) is 0.134. The van der Waals surface area contributed by atoms with Crippen molar-refractivity contribution in [3.05, 3.63) is 84.2 Å². The smallest absolute Gasteiger partial charge is 0.262 e. The third-order valence-corrected chi connectivity index (χ3v) is 4.21. The Morgan fingerprint density at radius 3 is 2.64 bits per heavy atom. The first-order valence-electron chi connectivity index (χ1n) is 8.68. The van der Waals surface area contributed by atoms with E-state index in [1.165, 1.54) is 6.07 Å². The molecule has 0 bridgehead atoms. The third-order valence-electron chi connectivity index (χ3n) is 4.21. The second-order valence-corrected chi connectivity index (χ2v) is 6.03. The van der Waals surface area contributed by atoms with Crippen LogP contribution in [-0.4, -0.2) is 17.3 Å². The second-order valence-electron chi connectivity index (χ2n) is 6.03. The highest BCUT2D eigenvalue weighted by Gasteiger charge is 2.14. The van der Waals surface area contributed by atoms with Crippen molar-refractivity contribution in [3.63, 3.8) is 0 Å². The summed E-state index contributed by atoms with van der Waals surface area (Å²) in [5.41, 5.74) is 1.94. The monoisotopic (exact) mass is 376 g/mol. The molecule has 0 atom stereocenters. The fourth-order valence-electron chi connectivity index (χ4n) is 2.77. The van der Waals surface area contributed by atoms with Crippen LogP contribution < -0.4 is 9.47 Å². The van der Waals surface area contributed by atoms with Gasteiger partial charge in [0.1, 0.15) is 23.9 Å². The molecule has 1 heterocycles. The highest BCUT2D eigenvalue weighted by atomic mass is 19.1. The van der Waals surface area contributed by atoms with Crippen molar-refractivity contribution in [2.75, 3.05) is 7.11 Å². The van der Waals surface area contributed by atoms with Crippen LogP contribution in [0.25, 0.3) is 22.8 Å². The van der Waals surface area contributed by atoms with E-state index in [9.17, 15) is 4.39 Å². The highest BCUT2D eigenvalue weighted by molar-refractivity contribution is 5.65. The molecule has 0 aliphatic carbocycles. The molecule has 5 nitrogen and oxygen atoms in total. The van der Waals surface area contributed by atoms with Crippen molar-refractivity contribution < 1.29 is 18.4 Å². The number of hydrogen-bond donors (Lipinski definition) is 0. The molecule has 0 unspecified atom stereocenters. The second kappa shape index (κ2) is 7.92. The number of para-hydroxylation sites is 1. The minimum absolute atomic E-state index is 0.134. The average Bonchev–Trinajstić information content (AvgIpc) is 3.23. The molecule has 3 aromatic carbocycles. The van der Waals surface area contributed by atoms with Crippen LogP contribution in [-0.2, 0) is 6.61 Å². The highest BCUT2D eigenvalue weighted by Crippen LogP contribution is 2.30. The Hall–Kier alpha value is -3.67. The van der Waals surface area contributed by atoms with E-state index < -0.39 is 0 Å². The first kappa shape index (κ1) is 17.7. The molecule has 0 saturated heterocycles. The predicted octanol–water partition coefficient (Wildman–Crippen LogP) is 5.13. The zero-order chi connectivity index (χ0) is 19.3. The molecule has 0 spiro atoms. The molecule has 140 valence electrons. The molecule has 0 fully saturated rings. The van der Waals surface area contributed by atoms with Crippen LogP contribution in [0.2, 0.25) is 0 Å². The van der Waals surface area contributed by atoms with Gasteiger partial charge in [-0.1, -0.05) is 47.6 Å². The van der Waals surface area contributed by atoms with E-state index >= 15 is 0 Å². The molecule has 0 N–H and O–H groups in total. The van der Waals surface area contributed by atoms with Crippen LogP contribution in [0.4, 0.5) is 4.39 Å². The van der Waals surface area contributed by atoms with E-state index in [1.54, 1.807) is 37.4 Å². The Labute approximate surface area is 161 Å². The maximum atomic E-state index is 13.7. The molecule has 1 aromatic heterocycles. The molecule has 0 saturated carbocycles. The fraction of sp³-hybridized carbons (Fsp3) is 0.0909.